The van der Waals surface area contributed by atoms with Crippen molar-refractivity contribution in [1.29, 1.82) is 0 Å². The van der Waals surface area contributed by atoms with Crippen LogP contribution in [0.5, 0.6) is 0 Å². The molecular weight excluding hydrogens is 258 g/mol. The van der Waals surface area contributed by atoms with E-state index >= 15 is 0 Å². The van der Waals surface area contributed by atoms with E-state index < -0.39 is 0 Å². The van der Waals surface area contributed by atoms with E-state index in [2.05, 4.69) is 74.3 Å². The van der Waals surface area contributed by atoms with Crippen LogP contribution < -0.4 is 11.5 Å². The van der Waals surface area contributed by atoms with Gasteiger partial charge in [-0.2, -0.15) is 0 Å². The normalized spacial score (nSPS) is 11.2. The van der Waals surface area contributed by atoms with Crippen molar-refractivity contribution in [2.75, 3.05) is 0 Å². The highest BCUT2D eigenvalue weighted by atomic mass is 15.0. The Morgan fingerprint density at radius 1 is 0.857 bits per heavy atom. The third-order valence-corrected chi connectivity index (χ3v) is 3.48. The highest BCUT2D eigenvalue weighted by molar-refractivity contribution is 5.75. The highest BCUT2D eigenvalue weighted by Gasteiger charge is 2.12. The lowest BCUT2D eigenvalue weighted by Gasteiger charge is -2.19. The maximum atomic E-state index is 5.34. The minimum Gasteiger partial charge on any atom is -0.370 e. The van der Waals surface area contributed by atoms with E-state index in [1.165, 1.54) is 16.7 Å². The van der Waals surface area contributed by atoms with Gasteiger partial charge in [0.15, 0.2) is 5.96 Å². The lowest BCUT2D eigenvalue weighted by Crippen LogP contribution is -2.22. The predicted octanol–water partition coefficient (Wildman–Crippen LogP) is 3.42. The van der Waals surface area contributed by atoms with Gasteiger partial charge < -0.3 is 11.5 Å². The zero-order valence-electron chi connectivity index (χ0n) is 12.9. The van der Waals surface area contributed by atoms with Gasteiger partial charge in [-0.05, 0) is 27.7 Å². The Labute approximate surface area is 126 Å². The maximum absolute atomic E-state index is 5.34. The summed E-state index contributed by atoms with van der Waals surface area (Å²) in [5.41, 5.74) is 15.7. The molecular formula is C18H23N3. The quantitative estimate of drug-likeness (QED) is 0.668. The van der Waals surface area contributed by atoms with Crippen molar-refractivity contribution in [3.05, 3.63) is 59.7 Å². The van der Waals surface area contributed by atoms with Gasteiger partial charge in [0.2, 0.25) is 0 Å². The third-order valence-electron chi connectivity index (χ3n) is 3.48. The molecule has 2 rings (SSSR count). The number of guanidine groups is 1. The van der Waals surface area contributed by atoms with E-state index in [1.54, 1.807) is 0 Å². The largest absolute Gasteiger partial charge is 0.370 e. The van der Waals surface area contributed by atoms with Crippen LogP contribution in [0.4, 0.5) is 0 Å². The Kier molecular flexibility index (Phi) is 4.32. The first-order valence-corrected chi connectivity index (χ1v) is 7.11. The zero-order valence-corrected chi connectivity index (χ0v) is 12.9. The van der Waals surface area contributed by atoms with E-state index in [9.17, 15) is 0 Å². The zero-order chi connectivity index (χ0) is 15.5. The molecule has 0 aliphatic carbocycles. The second kappa shape index (κ2) is 6.00. The molecule has 2 aromatic rings. The number of hydrogen-bond acceptors (Lipinski definition) is 1. The maximum Gasteiger partial charge on any atom is 0.186 e. The van der Waals surface area contributed by atoms with E-state index in [0.29, 0.717) is 6.54 Å². The molecule has 0 aromatic heterocycles. The summed E-state index contributed by atoms with van der Waals surface area (Å²) < 4.78 is 0. The highest BCUT2D eigenvalue weighted by Crippen LogP contribution is 2.26. The molecule has 0 radical (unpaired) electrons. The Hall–Kier alpha value is -2.29. The standard InChI is InChI=1S/C18H23N3/c1-18(2,3)16-10-8-15(9-11-16)14-6-4-13(5-7-14)12-21-17(19)20/h4-11H,12H2,1-3H3,(H4,19,20,21). The van der Waals surface area contributed by atoms with Crippen molar-refractivity contribution >= 4 is 5.96 Å². The minimum absolute atomic E-state index is 0.122. The summed E-state index contributed by atoms with van der Waals surface area (Å²) in [5.74, 6) is 0.122. The predicted molar refractivity (Wildman–Crippen MR) is 90.1 cm³/mol. The SMILES string of the molecule is CC(C)(C)c1ccc(-c2ccc(CN=C(N)N)cc2)cc1. The van der Waals surface area contributed by atoms with Gasteiger partial charge in [-0.25, -0.2) is 4.99 Å². The molecule has 0 spiro atoms. The Morgan fingerprint density at radius 2 is 1.33 bits per heavy atom. The van der Waals surface area contributed by atoms with Crippen LogP contribution >= 0.6 is 0 Å². The fraction of sp³-hybridized carbons (Fsp3) is 0.278. The van der Waals surface area contributed by atoms with Crippen molar-refractivity contribution in [3.63, 3.8) is 0 Å². The van der Waals surface area contributed by atoms with E-state index in [1.807, 2.05) is 0 Å². The first kappa shape index (κ1) is 15.1. The van der Waals surface area contributed by atoms with Crippen molar-refractivity contribution in [2.24, 2.45) is 16.5 Å². The molecule has 0 amide bonds. The number of aliphatic imine (C=N–C) groups is 1. The lowest BCUT2D eigenvalue weighted by atomic mass is 9.86. The second-order valence-electron chi connectivity index (χ2n) is 6.27. The molecule has 110 valence electrons. The van der Waals surface area contributed by atoms with Crippen LogP contribution in [-0.2, 0) is 12.0 Å². The molecule has 0 atom stereocenters. The van der Waals surface area contributed by atoms with Gasteiger partial charge in [-0.3, -0.25) is 0 Å². The molecule has 0 fully saturated rings. The van der Waals surface area contributed by atoms with Gasteiger partial charge in [0, 0.05) is 0 Å². The number of rotatable bonds is 3. The number of hydrogen-bond donors (Lipinski definition) is 2. The van der Waals surface area contributed by atoms with Crippen molar-refractivity contribution in [3.8, 4) is 11.1 Å². The molecule has 0 saturated carbocycles. The van der Waals surface area contributed by atoms with E-state index in [-0.39, 0.29) is 11.4 Å². The number of nitrogens with two attached hydrogens (primary N) is 2. The average molecular weight is 281 g/mol. The number of benzene rings is 2. The molecule has 0 bridgehead atoms. The average Bonchev–Trinajstić information content (AvgIpc) is 2.45. The Balaban J connectivity index is 2.17. The summed E-state index contributed by atoms with van der Waals surface area (Å²) >= 11 is 0. The summed E-state index contributed by atoms with van der Waals surface area (Å²) in [4.78, 5) is 4.01. The van der Waals surface area contributed by atoms with Crippen LogP contribution in [0, 0.1) is 0 Å². The molecule has 3 heteroatoms. The summed E-state index contributed by atoms with van der Waals surface area (Å²) in [7, 11) is 0. The van der Waals surface area contributed by atoms with Crippen LogP contribution in [0.3, 0.4) is 0 Å². The Morgan fingerprint density at radius 3 is 1.76 bits per heavy atom. The summed E-state index contributed by atoms with van der Waals surface area (Å²) in [5, 5.41) is 0. The van der Waals surface area contributed by atoms with Crippen LogP contribution in [0.1, 0.15) is 31.9 Å². The smallest absolute Gasteiger partial charge is 0.186 e. The Bertz CT molecular complexity index is 613. The molecule has 4 N–H and O–H groups in total. The molecule has 0 heterocycles. The molecule has 2 aromatic carbocycles. The van der Waals surface area contributed by atoms with Gasteiger partial charge in [0.1, 0.15) is 0 Å². The van der Waals surface area contributed by atoms with Crippen LogP contribution in [0.15, 0.2) is 53.5 Å². The monoisotopic (exact) mass is 281 g/mol. The molecule has 21 heavy (non-hydrogen) atoms. The minimum atomic E-state index is 0.122. The van der Waals surface area contributed by atoms with Gasteiger partial charge >= 0.3 is 0 Å². The summed E-state index contributed by atoms with van der Waals surface area (Å²) in [6.07, 6.45) is 0. The van der Waals surface area contributed by atoms with Crippen molar-refractivity contribution in [1.82, 2.24) is 0 Å². The van der Waals surface area contributed by atoms with Crippen molar-refractivity contribution in [2.45, 2.75) is 32.7 Å². The molecule has 0 aliphatic rings. The molecule has 0 aliphatic heterocycles. The van der Waals surface area contributed by atoms with Crippen molar-refractivity contribution < 1.29 is 0 Å². The fourth-order valence-electron chi connectivity index (χ4n) is 2.15. The van der Waals surface area contributed by atoms with E-state index in [0.717, 1.165) is 5.56 Å². The lowest BCUT2D eigenvalue weighted by molar-refractivity contribution is 0.590. The van der Waals surface area contributed by atoms with Crippen LogP contribution in [-0.4, -0.2) is 5.96 Å². The van der Waals surface area contributed by atoms with Gasteiger partial charge in [0.05, 0.1) is 6.54 Å². The molecule has 0 unspecified atom stereocenters. The first-order valence-electron chi connectivity index (χ1n) is 7.11. The molecule has 0 saturated heterocycles. The first-order chi connectivity index (χ1) is 9.86. The van der Waals surface area contributed by atoms with Gasteiger partial charge in [-0.1, -0.05) is 69.3 Å². The third kappa shape index (κ3) is 4.09. The molecule has 3 nitrogen and oxygen atoms in total. The van der Waals surface area contributed by atoms with Gasteiger partial charge in [-0.15, -0.1) is 0 Å². The fourth-order valence-corrected chi connectivity index (χ4v) is 2.15. The number of nitrogens with zero attached hydrogens (tertiary/aromatic N) is 1. The van der Waals surface area contributed by atoms with E-state index in [4.69, 9.17) is 11.5 Å². The van der Waals surface area contributed by atoms with Gasteiger partial charge in [0.25, 0.3) is 0 Å². The second-order valence-corrected chi connectivity index (χ2v) is 6.27. The topological polar surface area (TPSA) is 64.4 Å². The summed E-state index contributed by atoms with van der Waals surface area (Å²) in [6.45, 7) is 7.19. The van der Waals surface area contributed by atoms with Crippen LogP contribution in [0.25, 0.3) is 11.1 Å². The van der Waals surface area contributed by atoms with Crippen LogP contribution in [0.2, 0.25) is 0 Å². The summed E-state index contributed by atoms with van der Waals surface area (Å²) in [6, 6.07) is 17.1.